The highest BCUT2D eigenvalue weighted by Crippen LogP contribution is 2.34. The van der Waals surface area contributed by atoms with Crippen LogP contribution in [-0.2, 0) is 12.8 Å². The fourth-order valence-corrected chi connectivity index (χ4v) is 6.10. The molecule has 1 fully saturated rings. The first kappa shape index (κ1) is 31.3. The third-order valence-electron chi connectivity index (χ3n) is 8.77. The van der Waals surface area contributed by atoms with Crippen molar-refractivity contribution in [1.82, 2.24) is 0 Å². The highest BCUT2D eigenvalue weighted by Gasteiger charge is 2.20. The molecule has 0 heteroatoms. The van der Waals surface area contributed by atoms with Crippen LogP contribution in [-0.4, -0.2) is 0 Å². The smallest absolute Gasteiger partial charge is 0.0249 e. The lowest BCUT2D eigenvalue weighted by Crippen LogP contribution is -2.15. The van der Waals surface area contributed by atoms with Crippen molar-refractivity contribution in [2.24, 2.45) is 11.8 Å². The van der Waals surface area contributed by atoms with Crippen LogP contribution in [0.5, 0.6) is 0 Å². The second-order valence-corrected chi connectivity index (χ2v) is 12.1. The predicted octanol–water partition coefficient (Wildman–Crippen LogP) is 11.6. The quantitative estimate of drug-likeness (QED) is 0.110. The topological polar surface area (TPSA) is 0 Å². The fourth-order valence-electron chi connectivity index (χ4n) is 6.10. The van der Waals surface area contributed by atoms with Crippen molar-refractivity contribution in [3.8, 4) is 11.8 Å². The van der Waals surface area contributed by atoms with Gasteiger partial charge in [0.1, 0.15) is 0 Å². The van der Waals surface area contributed by atoms with Crippen LogP contribution >= 0.6 is 0 Å². The molecule has 0 aliphatic heterocycles. The monoisotopic (exact) mass is 524 g/mol. The van der Waals surface area contributed by atoms with Gasteiger partial charge >= 0.3 is 0 Å². The predicted molar refractivity (Wildman–Crippen MR) is 172 cm³/mol. The molecule has 0 nitrogen and oxygen atoms in total. The standard InChI is InChI=1S/C39H56/c1-3-5-7-9-11-13-15-17-35-20-24-37(25-21-35)27-29-39-32-30-38(31-33-39)28-26-36-22-18-34(19-23-36)16-14-12-10-8-6-4-2/h6,8,18-19,22-23,30-33,35,37H,3-5,7,9-17,20-21,24-25,27,29H2,1-2H3/b8-6+. The van der Waals surface area contributed by atoms with E-state index in [2.05, 4.69) is 86.4 Å². The number of unbranched alkanes of at least 4 members (excludes halogenated alkanes) is 8. The first-order valence-electron chi connectivity index (χ1n) is 16.6. The molecule has 1 aliphatic carbocycles. The highest BCUT2D eigenvalue weighted by molar-refractivity contribution is 5.44. The molecule has 212 valence electrons. The Kier molecular flexibility index (Phi) is 15.8. The van der Waals surface area contributed by atoms with Crippen molar-refractivity contribution >= 4 is 0 Å². The zero-order chi connectivity index (χ0) is 27.4. The molecule has 0 bridgehead atoms. The van der Waals surface area contributed by atoms with Gasteiger partial charge in [-0.2, -0.15) is 0 Å². The number of aryl methyl sites for hydroxylation is 2. The Morgan fingerprint density at radius 1 is 0.564 bits per heavy atom. The third-order valence-corrected chi connectivity index (χ3v) is 8.77. The molecule has 0 atom stereocenters. The van der Waals surface area contributed by atoms with E-state index in [9.17, 15) is 0 Å². The van der Waals surface area contributed by atoms with E-state index in [1.165, 1.54) is 120 Å². The number of benzene rings is 2. The Bertz CT molecular complexity index is 957. The molecule has 0 heterocycles. The van der Waals surface area contributed by atoms with Crippen LogP contribution in [0.25, 0.3) is 0 Å². The van der Waals surface area contributed by atoms with Crippen molar-refractivity contribution in [2.45, 2.75) is 136 Å². The zero-order valence-electron chi connectivity index (χ0n) is 25.4. The van der Waals surface area contributed by atoms with Crippen LogP contribution in [0.4, 0.5) is 0 Å². The SMILES string of the molecule is CC/C=C/CCCCc1ccc(C#Cc2ccc(CCC3CCC(CCCCCCCCC)CC3)cc2)cc1. The van der Waals surface area contributed by atoms with E-state index in [1.807, 2.05) is 0 Å². The molecule has 2 aromatic rings. The van der Waals surface area contributed by atoms with Crippen molar-refractivity contribution in [1.29, 1.82) is 0 Å². The van der Waals surface area contributed by atoms with Gasteiger partial charge in [-0.25, -0.2) is 0 Å². The van der Waals surface area contributed by atoms with Crippen LogP contribution in [0.15, 0.2) is 60.7 Å². The summed E-state index contributed by atoms with van der Waals surface area (Å²) >= 11 is 0. The van der Waals surface area contributed by atoms with Crippen LogP contribution in [0.3, 0.4) is 0 Å². The maximum absolute atomic E-state index is 3.37. The van der Waals surface area contributed by atoms with Gasteiger partial charge in [-0.05, 0) is 92.2 Å². The second kappa shape index (κ2) is 19.7. The molecule has 0 N–H and O–H groups in total. The van der Waals surface area contributed by atoms with Gasteiger partial charge in [-0.3, -0.25) is 0 Å². The van der Waals surface area contributed by atoms with E-state index in [1.54, 1.807) is 0 Å². The summed E-state index contributed by atoms with van der Waals surface area (Å²) in [6, 6.07) is 17.9. The molecule has 0 radical (unpaired) electrons. The Morgan fingerprint density at radius 2 is 1.10 bits per heavy atom. The van der Waals surface area contributed by atoms with E-state index < -0.39 is 0 Å². The Morgan fingerprint density at radius 3 is 1.69 bits per heavy atom. The van der Waals surface area contributed by atoms with E-state index in [-0.39, 0.29) is 0 Å². The Labute approximate surface area is 242 Å². The number of rotatable bonds is 17. The summed E-state index contributed by atoms with van der Waals surface area (Å²) in [6.45, 7) is 4.50. The summed E-state index contributed by atoms with van der Waals surface area (Å²) in [5.74, 6) is 8.68. The molecule has 0 saturated heterocycles. The van der Waals surface area contributed by atoms with Crippen LogP contribution in [0.1, 0.15) is 145 Å². The van der Waals surface area contributed by atoms with Crippen LogP contribution in [0, 0.1) is 23.7 Å². The van der Waals surface area contributed by atoms with Gasteiger partial charge in [-0.1, -0.05) is 139 Å². The lowest BCUT2D eigenvalue weighted by atomic mass is 9.77. The van der Waals surface area contributed by atoms with E-state index in [0.29, 0.717) is 0 Å². The van der Waals surface area contributed by atoms with Crippen LogP contribution in [0.2, 0.25) is 0 Å². The van der Waals surface area contributed by atoms with Crippen molar-refractivity contribution in [3.63, 3.8) is 0 Å². The summed E-state index contributed by atoms with van der Waals surface area (Å²) in [7, 11) is 0. The number of allylic oxidation sites excluding steroid dienone is 2. The van der Waals surface area contributed by atoms with Crippen molar-refractivity contribution < 1.29 is 0 Å². The molecule has 0 aromatic heterocycles. The number of hydrogen-bond acceptors (Lipinski definition) is 0. The molecule has 2 aromatic carbocycles. The van der Waals surface area contributed by atoms with Crippen LogP contribution < -0.4 is 0 Å². The molecular formula is C39H56. The lowest BCUT2D eigenvalue weighted by molar-refractivity contribution is 0.248. The molecule has 0 spiro atoms. The molecule has 0 unspecified atom stereocenters. The summed E-state index contributed by atoms with van der Waals surface area (Å²) in [5.41, 5.74) is 5.12. The summed E-state index contributed by atoms with van der Waals surface area (Å²) in [6.07, 6.45) is 30.7. The molecule has 39 heavy (non-hydrogen) atoms. The third kappa shape index (κ3) is 13.6. The zero-order valence-corrected chi connectivity index (χ0v) is 25.4. The minimum Gasteiger partial charge on any atom is -0.0888 e. The van der Waals surface area contributed by atoms with Gasteiger partial charge in [0.15, 0.2) is 0 Å². The minimum absolute atomic E-state index is 0.940. The largest absolute Gasteiger partial charge is 0.0888 e. The fraction of sp³-hybridized carbons (Fsp3) is 0.590. The van der Waals surface area contributed by atoms with Gasteiger partial charge < -0.3 is 0 Å². The molecule has 0 amide bonds. The molecule has 1 saturated carbocycles. The Balaban J connectivity index is 1.29. The number of hydrogen-bond donors (Lipinski definition) is 0. The average Bonchev–Trinajstić information content (AvgIpc) is 2.98. The molecular weight excluding hydrogens is 468 g/mol. The minimum atomic E-state index is 0.940. The van der Waals surface area contributed by atoms with E-state index in [4.69, 9.17) is 0 Å². The maximum Gasteiger partial charge on any atom is 0.0249 e. The van der Waals surface area contributed by atoms with Crippen molar-refractivity contribution in [2.75, 3.05) is 0 Å². The van der Waals surface area contributed by atoms with Gasteiger partial charge in [0, 0.05) is 11.1 Å². The maximum atomic E-state index is 3.37. The summed E-state index contributed by atoms with van der Waals surface area (Å²) in [5, 5.41) is 0. The molecule has 1 aliphatic rings. The second-order valence-electron chi connectivity index (χ2n) is 12.1. The first-order valence-corrected chi connectivity index (χ1v) is 16.6. The molecule has 3 rings (SSSR count). The Hall–Kier alpha value is -2.26. The van der Waals surface area contributed by atoms with E-state index >= 15 is 0 Å². The van der Waals surface area contributed by atoms with Gasteiger partial charge in [0.05, 0.1) is 0 Å². The van der Waals surface area contributed by atoms with Gasteiger partial charge in [0.25, 0.3) is 0 Å². The highest BCUT2D eigenvalue weighted by atomic mass is 14.3. The van der Waals surface area contributed by atoms with Gasteiger partial charge in [-0.15, -0.1) is 0 Å². The normalized spacial score (nSPS) is 17.3. The van der Waals surface area contributed by atoms with Crippen molar-refractivity contribution in [3.05, 3.63) is 82.9 Å². The first-order chi connectivity index (χ1) is 19.3. The summed E-state index contributed by atoms with van der Waals surface area (Å²) < 4.78 is 0. The van der Waals surface area contributed by atoms with E-state index in [0.717, 1.165) is 35.8 Å². The average molecular weight is 525 g/mol. The lowest BCUT2D eigenvalue weighted by Gasteiger charge is -2.28. The summed E-state index contributed by atoms with van der Waals surface area (Å²) in [4.78, 5) is 0. The van der Waals surface area contributed by atoms with Gasteiger partial charge in [0.2, 0.25) is 0 Å².